The molecule has 0 spiro atoms. The van der Waals surface area contributed by atoms with Crippen molar-refractivity contribution >= 4 is 23.4 Å². The summed E-state index contributed by atoms with van der Waals surface area (Å²) in [5.74, 6) is 0.0427. The van der Waals surface area contributed by atoms with E-state index in [0.717, 1.165) is 12.3 Å². The number of halogens is 3. The number of para-hydroxylation sites is 1. The minimum atomic E-state index is -4.42. The Morgan fingerprint density at radius 2 is 1.77 bits per heavy atom. The molecule has 1 fully saturated rings. The molecule has 0 saturated carbocycles. The number of nitrogens with zero attached hydrogens (tertiary/aromatic N) is 3. The van der Waals surface area contributed by atoms with Gasteiger partial charge in [0, 0.05) is 38.1 Å². The summed E-state index contributed by atoms with van der Waals surface area (Å²) in [4.78, 5) is 31.8. The number of urea groups is 1. The lowest BCUT2D eigenvalue weighted by molar-refractivity contribution is -0.137. The van der Waals surface area contributed by atoms with Crippen LogP contribution in [0.2, 0.25) is 0 Å². The Hall–Kier alpha value is -3.14. The summed E-state index contributed by atoms with van der Waals surface area (Å²) in [6.45, 7) is 2.34. The molecule has 2 N–H and O–H groups in total. The summed E-state index contributed by atoms with van der Waals surface area (Å²) in [7, 11) is 0. The van der Waals surface area contributed by atoms with Crippen molar-refractivity contribution in [3.05, 3.63) is 54.2 Å². The van der Waals surface area contributed by atoms with Gasteiger partial charge >= 0.3 is 12.2 Å². The predicted octanol–water partition coefficient (Wildman–Crippen LogP) is 2.96. The van der Waals surface area contributed by atoms with Crippen LogP contribution in [-0.2, 0) is 11.0 Å². The van der Waals surface area contributed by atoms with Crippen molar-refractivity contribution in [2.45, 2.75) is 12.6 Å². The largest absolute Gasteiger partial charge is 0.417 e. The SMILES string of the molecule is O=C(CN1CCCN(c2ccc(C(F)(F)F)cn2)CC1)NC(=O)Nc1ccccc1. The highest BCUT2D eigenvalue weighted by atomic mass is 19.4. The van der Waals surface area contributed by atoms with Gasteiger partial charge in [0.2, 0.25) is 5.91 Å². The maximum Gasteiger partial charge on any atom is 0.417 e. The average molecular weight is 421 g/mol. The Morgan fingerprint density at radius 1 is 1.00 bits per heavy atom. The molecule has 0 radical (unpaired) electrons. The second kappa shape index (κ2) is 9.57. The molecule has 30 heavy (non-hydrogen) atoms. The van der Waals surface area contributed by atoms with E-state index >= 15 is 0 Å². The number of carbonyl (C=O) groups is 2. The molecule has 1 aromatic carbocycles. The van der Waals surface area contributed by atoms with Crippen LogP contribution in [-0.4, -0.2) is 54.5 Å². The van der Waals surface area contributed by atoms with Crippen molar-refractivity contribution in [2.75, 3.05) is 42.9 Å². The number of imide groups is 1. The van der Waals surface area contributed by atoms with E-state index in [1.165, 1.54) is 6.07 Å². The number of aromatic nitrogens is 1. The molecule has 0 unspecified atom stereocenters. The van der Waals surface area contributed by atoms with Crippen molar-refractivity contribution in [1.82, 2.24) is 15.2 Å². The number of rotatable bonds is 4. The number of carbonyl (C=O) groups excluding carboxylic acids is 2. The van der Waals surface area contributed by atoms with Crippen LogP contribution in [0.4, 0.5) is 29.5 Å². The van der Waals surface area contributed by atoms with E-state index in [4.69, 9.17) is 0 Å². The second-order valence-electron chi connectivity index (χ2n) is 6.89. The third-order valence-corrected chi connectivity index (χ3v) is 4.64. The van der Waals surface area contributed by atoms with Gasteiger partial charge in [0.25, 0.3) is 0 Å². The standard InChI is InChI=1S/C20H22F3N5O2/c21-20(22,23)15-7-8-17(24-13-15)28-10-4-9-27(11-12-28)14-18(29)26-19(30)25-16-5-2-1-3-6-16/h1-3,5-8,13H,4,9-12,14H2,(H2,25,26,29,30). The lowest BCUT2D eigenvalue weighted by Gasteiger charge is -2.22. The van der Waals surface area contributed by atoms with Gasteiger partial charge in [0.15, 0.2) is 0 Å². The van der Waals surface area contributed by atoms with Crippen molar-refractivity contribution in [2.24, 2.45) is 0 Å². The molecule has 3 rings (SSSR count). The number of nitrogens with one attached hydrogen (secondary N) is 2. The number of hydrogen-bond acceptors (Lipinski definition) is 5. The van der Waals surface area contributed by atoms with E-state index in [9.17, 15) is 22.8 Å². The summed E-state index contributed by atoms with van der Waals surface area (Å²) >= 11 is 0. The Bertz CT molecular complexity index is 859. The fraction of sp³-hybridized carbons (Fsp3) is 0.350. The molecule has 1 aliphatic heterocycles. The lowest BCUT2D eigenvalue weighted by atomic mass is 10.2. The van der Waals surface area contributed by atoms with Crippen LogP contribution in [0.25, 0.3) is 0 Å². The van der Waals surface area contributed by atoms with E-state index in [1.807, 2.05) is 15.9 Å². The van der Waals surface area contributed by atoms with Gasteiger partial charge in [-0.2, -0.15) is 13.2 Å². The molecule has 2 aromatic rings. The molecule has 160 valence electrons. The summed E-state index contributed by atoms with van der Waals surface area (Å²) in [6.07, 6.45) is -2.87. The first kappa shape index (κ1) is 21.6. The first-order chi connectivity index (χ1) is 14.3. The topological polar surface area (TPSA) is 77.6 Å². The number of alkyl halides is 3. The molecular formula is C20H22F3N5O2. The first-order valence-corrected chi connectivity index (χ1v) is 9.48. The minimum absolute atomic E-state index is 0.0521. The first-order valence-electron chi connectivity index (χ1n) is 9.48. The zero-order valence-corrected chi connectivity index (χ0v) is 16.2. The quantitative estimate of drug-likeness (QED) is 0.794. The van der Waals surface area contributed by atoms with Gasteiger partial charge in [-0.25, -0.2) is 9.78 Å². The molecule has 2 heterocycles. The number of anilines is 2. The Balaban J connectivity index is 1.47. The van der Waals surface area contributed by atoms with E-state index in [-0.39, 0.29) is 6.54 Å². The van der Waals surface area contributed by atoms with Crippen LogP contribution >= 0.6 is 0 Å². The highest BCUT2D eigenvalue weighted by Crippen LogP contribution is 2.29. The molecule has 1 aromatic heterocycles. The van der Waals surface area contributed by atoms with Gasteiger partial charge in [-0.1, -0.05) is 18.2 Å². The van der Waals surface area contributed by atoms with Crippen molar-refractivity contribution < 1.29 is 22.8 Å². The Kier molecular flexibility index (Phi) is 6.88. The molecule has 7 nitrogen and oxygen atoms in total. The maximum absolute atomic E-state index is 12.7. The minimum Gasteiger partial charge on any atom is -0.355 e. The molecule has 0 atom stereocenters. The highest BCUT2D eigenvalue weighted by molar-refractivity contribution is 6.01. The van der Waals surface area contributed by atoms with Crippen LogP contribution in [0.15, 0.2) is 48.7 Å². The van der Waals surface area contributed by atoms with E-state index in [0.29, 0.717) is 44.1 Å². The van der Waals surface area contributed by atoms with Crippen molar-refractivity contribution in [3.8, 4) is 0 Å². The van der Waals surface area contributed by atoms with Crippen LogP contribution < -0.4 is 15.5 Å². The zero-order valence-electron chi connectivity index (χ0n) is 16.2. The highest BCUT2D eigenvalue weighted by Gasteiger charge is 2.31. The van der Waals surface area contributed by atoms with Gasteiger partial charge < -0.3 is 10.2 Å². The van der Waals surface area contributed by atoms with Crippen molar-refractivity contribution in [3.63, 3.8) is 0 Å². The molecule has 0 bridgehead atoms. The molecule has 3 amide bonds. The second-order valence-corrected chi connectivity index (χ2v) is 6.89. The molecule has 10 heteroatoms. The maximum atomic E-state index is 12.7. The van der Waals surface area contributed by atoms with Crippen molar-refractivity contribution in [1.29, 1.82) is 0 Å². The van der Waals surface area contributed by atoms with Gasteiger partial charge in [-0.15, -0.1) is 0 Å². The van der Waals surface area contributed by atoms with E-state index < -0.39 is 23.7 Å². The van der Waals surface area contributed by atoms with Crippen LogP contribution in [0.3, 0.4) is 0 Å². The summed E-state index contributed by atoms with van der Waals surface area (Å²) in [6, 6.07) is 10.6. The number of amides is 3. The average Bonchev–Trinajstić information content (AvgIpc) is 2.93. The smallest absolute Gasteiger partial charge is 0.355 e. The molecule has 1 saturated heterocycles. The number of pyridine rings is 1. The third-order valence-electron chi connectivity index (χ3n) is 4.64. The molecular weight excluding hydrogens is 399 g/mol. The molecule has 0 aliphatic carbocycles. The Morgan fingerprint density at radius 3 is 2.43 bits per heavy atom. The summed E-state index contributed by atoms with van der Waals surface area (Å²) in [5, 5.41) is 4.88. The van der Waals surface area contributed by atoms with Gasteiger partial charge in [0.1, 0.15) is 5.82 Å². The van der Waals surface area contributed by atoms with E-state index in [1.54, 1.807) is 24.3 Å². The fourth-order valence-electron chi connectivity index (χ4n) is 3.15. The Labute approximate surface area is 171 Å². The van der Waals surface area contributed by atoms with Gasteiger partial charge in [-0.05, 0) is 30.7 Å². The zero-order chi connectivity index (χ0) is 21.6. The summed E-state index contributed by atoms with van der Waals surface area (Å²) in [5.41, 5.74) is -0.203. The monoisotopic (exact) mass is 421 g/mol. The summed E-state index contributed by atoms with van der Waals surface area (Å²) < 4.78 is 38.1. The predicted molar refractivity (Wildman–Crippen MR) is 106 cm³/mol. The van der Waals surface area contributed by atoms with Gasteiger partial charge in [-0.3, -0.25) is 15.0 Å². The fourth-order valence-corrected chi connectivity index (χ4v) is 3.15. The van der Waals surface area contributed by atoms with Crippen LogP contribution in [0.1, 0.15) is 12.0 Å². The third kappa shape index (κ3) is 6.18. The normalized spacial score (nSPS) is 15.4. The van der Waals surface area contributed by atoms with Gasteiger partial charge in [0.05, 0.1) is 12.1 Å². The van der Waals surface area contributed by atoms with E-state index in [2.05, 4.69) is 15.6 Å². The van der Waals surface area contributed by atoms with Crippen LogP contribution in [0.5, 0.6) is 0 Å². The van der Waals surface area contributed by atoms with Crippen LogP contribution in [0, 0.1) is 0 Å². The number of hydrogen-bond donors (Lipinski definition) is 2. The molecule has 1 aliphatic rings. The lowest BCUT2D eigenvalue weighted by Crippen LogP contribution is -2.43. The number of benzene rings is 1.